The number of hydrogen-bond donors (Lipinski definition) is 3. The van der Waals surface area contributed by atoms with E-state index in [4.69, 9.17) is 5.73 Å². The molecule has 1 aliphatic heterocycles. The molecule has 4 nitrogen and oxygen atoms in total. The summed E-state index contributed by atoms with van der Waals surface area (Å²) in [7, 11) is 0. The molecule has 2 rings (SSSR count). The Hall–Kier alpha value is -1.29. The van der Waals surface area contributed by atoms with Gasteiger partial charge in [0.25, 0.3) is 0 Å². The van der Waals surface area contributed by atoms with Gasteiger partial charge < -0.3 is 11.2 Å². The molecule has 0 spiro atoms. The molecule has 0 aromatic heterocycles. The zero-order chi connectivity index (χ0) is 7.84. The van der Waals surface area contributed by atoms with Crippen LogP contribution in [0.15, 0.2) is 23.4 Å². The SMILES string of the molecule is NC(=O)C1=CC2CNNC2=C1. The normalized spacial score (nSPS) is 27.1. The summed E-state index contributed by atoms with van der Waals surface area (Å²) < 4.78 is 0. The highest BCUT2D eigenvalue weighted by Crippen LogP contribution is 2.23. The zero-order valence-corrected chi connectivity index (χ0v) is 5.92. The first kappa shape index (κ1) is 6.42. The molecule has 1 amide bonds. The molecule has 0 aromatic carbocycles. The molecular weight excluding hydrogens is 142 g/mol. The third kappa shape index (κ3) is 0.914. The Kier molecular flexibility index (Phi) is 1.22. The van der Waals surface area contributed by atoms with Crippen LogP contribution >= 0.6 is 0 Å². The Bertz CT molecular complexity index is 267. The third-order valence-corrected chi connectivity index (χ3v) is 1.93. The summed E-state index contributed by atoms with van der Waals surface area (Å²) in [6.07, 6.45) is 3.66. The fourth-order valence-electron chi connectivity index (χ4n) is 1.34. The van der Waals surface area contributed by atoms with Crippen molar-refractivity contribution < 1.29 is 4.79 Å². The van der Waals surface area contributed by atoms with Crippen molar-refractivity contribution in [2.75, 3.05) is 6.54 Å². The highest BCUT2D eigenvalue weighted by Gasteiger charge is 2.25. The van der Waals surface area contributed by atoms with Gasteiger partial charge >= 0.3 is 0 Å². The van der Waals surface area contributed by atoms with Crippen molar-refractivity contribution in [2.24, 2.45) is 11.7 Å². The van der Waals surface area contributed by atoms with Gasteiger partial charge in [0.15, 0.2) is 0 Å². The first-order chi connectivity index (χ1) is 5.27. The second-order valence-electron chi connectivity index (χ2n) is 2.70. The average Bonchev–Trinajstić information content (AvgIpc) is 2.40. The van der Waals surface area contributed by atoms with Crippen molar-refractivity contribution >= 4 is 5.91 Å². The molecular formula is C7H9N3O. The van der Waals surface area contributed by atoms with E-state index in [9.17, 15) is 4.79 Å². The summed E-state index contributed by atoms with van der Waals surface area (Å²) in [6, 6.07) is 0. The molecule has 11 heavy (non-hydrogen) atoms. The molecule has 4 N–H and O–H groups in total. The first-order valence-corrected chi connectivity index (χ1v) is 3.49. The smallest absolute Gasteiger partial charge is 0.248 e. The van der Waals surface area contributed by atoms with Crippen molar-refractivity contribution in [3.05, 3.63) is 23.4 Å². The summed E-state index contributed by atoms with van der Waals surface area (Å²) in [5, 5.41) is 0. The Labute approximate surface area is 64.1 Å². The van der Waals surface area contributed by atoms with Gasteiger partial charge in [-0.05, 0) is 6.08 Å². The predicted octanol–water partition coefficient (Wildman–Crippen LogP) is -0.980. The van der Waals surface area contributed by atoms with E-state index in [0.717, 1.165) is 12.2 Å². The molecule has 0 saturated carbocycles. The number of nitrogens with one attached hydrogen (secondary N) is 2. The third-order valence-electron chi connectivity index (χ3n) is 1.93. The minimum atomic E-state index is -0.353. The molecule has 1 saturated heterocycles. The number of fused-ring (bicyclic) bond motifs is 1. The largest absolute Gasteiger partial charge is 0.366 e. The van der Waals surface area contributed by atoms with Gasteiger partial charge in [0.05, 0.1) is 0 Å². The quantitative estimate of drug-likeness (QED) is 0.451. The first-order valence-electron chi connectivity index (χ1n) is 3.49. The second kappa shape index (κ2) is 2.10. The Morgan fingerprint density at radius 1 is 1.73 bits per heavy atom. The van der Waals surface area contributed by atoms with E-state index in [1.54, 1.807) is 6.08 Å². The number of rotatable bonds is 1. The maximum atomic E-state index is 10.7. The number of hydrazine groups is 1. The van der Waals surface area contributed by atoms with Crippen molar-refractivity contribution in [1.82, 2.24) is 10.9 Å². The Balaban J connectivity index is 2.25. The molecule has 0 radical (unpaired) electrons. The fraction of sp³-hybridized carbons (Fsp3) is 0.286. The van der Waals surface area contributed by atoms with Crippen LogP contribution < -0.4 is 16.6 Å². The number of primary amides is 1. The lowest BCUT2D eigenvalue weighted by molar-refractivity contribution is -0.114. The molecule has 4 heteroatoms. The van der Waals surface area contributed by atoms with Crippen LogP contribution in [-0.4, -0.2) is 12.5 Å². The van der Waals surface area contributed by atoms with E-state index >= 15 is 0 Å². The van der Waals surface area contributed by atoms with Crippen LogP contribution in [0.5, 0.6) is 0 Å². The molecule has 1 fully saturated rings. The van der Waals surface area contributed by atoms with E-state index in [1.807, 2.05) is 6.08 Å². The van der Waals surface area contributed by atoms with E-state index in [1.165, 1.54) is 0 Å². The number of carbonyl (C=O) groups excluding carboxylic acids is 1. The maximum absolute atomic E-state index is 10.7. The standard InChI is InChI=1S/C7H9N3O/c8-7(11)4-1-5-3-9-10-6(5)2-4/h1-2,5,9-10H,3H2,(H2,8,11). The molecule has 0 bridgehead atoms. The monoisotopic (exact) mass is 151 g/mol. The molecule has 0 aromatic rings. The lowest BCUT2D eigenvalue weighted by Crippen LogP contribution is -2.21. The van der Waals surface area contributed by atoms with Crippen molar-refractivity contribution in [3.8, 4) is 0 Å². The minimum Gasteiger partial charge on any atom is -0.366 e. The van der Waals surface area contributed by atoms with E-state index in [0.29, 0.717) is 11.5 Å². The van der Waals surface area contributed by atoms with Gasteiger partial charge in [-0.25, -0.2) is 5.43 Å². The molecule has 1 heterocycles. The summed E-state index contributed by atoms with van der Waals surface area (Å²) in [5.41, 5.74) is 12.7. The highest BCUT2D eigenvalue weighted by atomic mass is 16.1. The summed E-state index contributed by atoms with van der Waals surface area (Å²) >= 11 is 0. The molecule has 1 unspecified atom stereocenters. The van der Waals surface area contributed by atoms with Crippen LogP contribution in [0.3, 0.4) is 0 Å². The van der Waals surface area contributed by atoms with E-state index in [2.05, 4.69) is 10.9 Å². The topological polar surface area (TPSA) is 67.2 Å². The lowest BCUT2D eigenvalue weighted by atomic mass is 10.1. The Morgan fingerprint density at radius 3 is 3.18 bits per heavy atom. The molecule has 1 atom stereocenters. The number of carbonyl (C=O) groups is 1. The lowest BCUT2D eigenvalue weighted by Gasteiger charge is -1.94. The van der Waals surface area contributed by atoms with E-state index < -0.39 is 0 Å². The zero-order valence-electron chi connectivity index (χ0n) is 5.92. The van der Waals surface area contributed by atoms with E-state index in [-0.39, 0.29) is 5.91 Å². The average molecular weight is 151 g/mol. The number of hydrogen-bond acceptors (Lipinski definition) is 3. The maximum Gasteiger partial charge on any atom is 0.248 e. The van der Waals surface area contributed by atoms with Crippen LogP contribution in [0.1, 0.15) is 0 Å². The van der Waals surface area contributed by atoms with Crippen LogP contribution in [0.25, 0.3) is 0 Å². The molecule has 1 aliphatic carbocycles. The minimum absolute atomic E-state index is 0.317. The van der Waals surface area contributed by atoms with Crippen LogP contribution in [0, 0.1) is 5.92 Å². The second-order valence-corrected chi connectivity index (χ2v) is 2.70. The van der Waals surface area contributed by atoms with Crippen LogP contribution in [0.2, 0.25) is 0 Å². The molecule has 58 valence electrons. The fourth-order valence-corrected chi connectivity index (χ4v) is 1.34. The molecule has 2 aliphatic rings. The number of amides is 1. The highest BCUT2D eigenvalue weighted by molar-refractivity contribution is 5.95. The predicted molar refractivity (Wildman–Crippen MR) is 40.0 cm³/mol. The Morgan fingerprint density at radius 2 is 2.55 bits per heavy atom. The van der Waals surface area contributed by atoms with Gasteiger partial charge in [-0.1, -0.05) is 6.08 Å². The van der Waals surface area contributed by atoms with Gasteiger partial charge in [0, 0.05) is 23.7 Å². The van der Waals surface area contributed by atoms with Gasteiger partial charge in [0.2, 0.25) is 5.91 Å². The van der Waals surface area contributed by atoms with Crippen molar-refractivity contribution in [3.63, 3.8) is 0 Å². The van der Waals surface area contributed by atoms with Crippen molar-refractivity contribution in [1.29, 1.82) is 0 Å². The number of nitrogens with two attached hydrogens (primary N) is 1. The summed E-state index contributed by atoms with van der Waals surface area (Å²) in [6.45, 7) is 0.836. The summed E-state index contributed by atoms with van der Waals surface area (Å²) in [5.74, 6) is -0.0359. The van der Waals surface area contributed by atoms with Crippen molar-refractivity contribution in [2.45, 2.75) is 0 Å². The van der Waals surface area contributed by atoms with Gasteiger partial charge in [-0.3, -0.25) is 4.79 Å². The van der Waals surface area contributed by atoms with Crippen LogP contribution in [0.4, 0.5) is 0 Å². The van der Waals surface area contributed by atoms with Gasteiger partial charge in [0.1, 0.15) is 0 Å². The van der Waals surface area contributed by atoms with Gasteiger partial charge in [-0.2, -0.15) is 0 Å². The van der Waals surface area contributed by atoms with Gasteiger partial charge in [-0.15, -0.1) is 0 Å². The van der Waals surface area contributed by atoms with Crippen LogP contribution in [-0.2, 0) is 4.79 Å². The summed E-state index contributed by atoms with van der Waals surface area (Å²) in [4.78, 5) is 10.7.